The second-order valence-corrected chi connectivity index (χ2v) is 6.95. The monoisotopic (exact) mass is 462 g/mol. The highest BCUT2D eigenvalue weighted by Crippen LogP contribution is 2.27. The van der Waals surface area contributed by atoms with Crippen molar-refractivity contribution in [3.05, 3.63) is 71.1 Å². The molecule has 0 fully saturated rings. The zero-order chi connectivity index (χ0) is 22.9. The number of carbonyl (C=O) groups excluding carboxylic acids is 1. The summed E-state index contributed by atoms with van der Waals surface area (Å²) in [6.45, 7) is -0.212. The Kier molecular flexibility index (Phi) is 5.57. The molecule has 12 heteroatoms. The number of amides is 1. The number of carbonyl (C=O) groups is 1. The van der Waals surface area contributed by atoms with Crippen molar-refractivity contribution in [3.63, 3.8) is 0 Å². The van der Waals surface area contributed by atoms with E-state index in [0.29, 0.717) is 16.8 Å². The molecule has 0 saturated carbocycles. The number of fused-ring (bicyclic) bond motifs is 1. The van der Waals surface area contributed by atoms with Crippen molar-refractivity contribution in [1.29, 1.82) is 0 Å². The number of para-hydroxylation sites is 1. The standard InChI is InChI=1S/C20H14ClF3N6O2/c21-17-14(18(31)27-9-12-3-1-2-4-15(12)32-20(22,23)24)7-13(10-26-17)11-5-6-30-16(8-11)28-19(25)29-30/h1-8,10H,9H2,(H2,25,29)(H,27,31). The lowest BCUT2D eigenvalue weighted by molar-refractivity contribution is -0.274. The van der Waals surface area contributed by atoms with Crippen molar-refractivity contribution in [2.75, 3.05) is 5.73 Å². The summed E-state index contributed by atoms with van der Waals surface area (Å²) in [6, 6.07) is 10.5. The van der Waals surface area contributed by atoms with Crippen molar-refractivity contribution in [2.24, 2.45) is 0 Å². The van der Waals surface area contributed by atoms with Crippen LogP contribution in [-0.4, -0.2) is 31.9 Å². The van der Waals surface area contributed by atoms with Gasteiger partial charge in [0.15, 0.2) is 5.65 Å². The molecule has 0 aliphatic rings. The van der Waals surface area contributed by atoms with E-state index in [-0.39, 0.29) is 28.8 Å². The summed E-state index contributed by atoms with van der Waals surface area (Å²) in [5, 5.41) is 6.48. The first-order valence-corrected chi connectivity index (χ1v) is 9.47. The number of alkyl halides is 3. The number of aromatic nitrogens is 4. The van der Waals surface area contributed by atoms with Crippen LogP contribution in [0.3, 0.4) is 0 Å². The molecular weight excluding hydrogens is 449 g/mol. The molecule has 164 valence electrons. The Hall–Kier alpha value is -3.86. The summed E-state index contributed by atoms with van der Waals surface area (Å²) in [4.78, 5) is 20.8. The van der Waals surface area contributed by atoms with E-state index in [1.165, 1.54) is 35.0 Å². The summed E-state index contributed by atoms with van der Waals surface area (Å²) < 4.78 is 43.3. The van der Waals surface area contributed by atoms with Crippen LogP contribution >= 0.6 is 11.6 Å². The van der Waals surface area contributed by atoms with Crippen molar-refractivity contribution < 1.29 is 22.7 Å². The first-order chi connectivity index (χ1) is 15.2. The number of rotatable bonds is 5. The van der Waals surface area contributed by atoms with E-state index >= 15 is 0 Å². The molecule has 4 rings (SSSR count). The number of nitrogens with two attached hydrogens (primary N) is 1. The minimum Gasteiger partial charge on any atom is -0.405 e. The lowest BCUT2D eigenvalue weighted by Crippen LogP contribution is -2.25. The lowest BCUT2D eigenvalue weighted by Gasteiger charge is -2.14. The fourth-order valence-electron chi connectivity index (χ4n) is 2.99. The fourth-order valence-corrected chi connectivity index (χ4v) is 3.18. The van der Waals surface area contributed by atoms with Gasteiger partial charge in [0, 0.05) is 30.1 Å². The predicted molar refractivity (Wildman–Crippen MR) is 110 cm³/mol. The highest BCUT2D eigenvalue weighted by Gasteiger charge is 2.32. The minimum atomic E-state index is -4.85. The van der Waals surface area contributed by atoms with Gasteiger partial charge in [0.1, 0.15) is 10.9 Å². The maximum absolute atomic E-state index is 12.7. The van der Waals surface area contributed by atoms with Crippen LogP contribution in [-0.2, 0) is 6.54 Å². The van der Waals surface area contributed by atoms with E-state index in [1.807, 2.05) is 0 Å². The summed E-state index contributed by atoms with van der Waals surface area (Å²) in [5.41, 5.74) is 7.56. The average molecular weight is 463 g/mol. The minimum absolute atomic E-state index is 0.0549. The number of halogens is 4. The largest absolute Gasteiger partial charge is 0.573 e. The molecule has 3 aromatic heterocycles. The Bertz CT molecular complexity index is 1310. The maximum Gasteiger partial charge on any atom is 0.573 e. The number of benzene rings is 1. The van der Waals surface area contributed by atoms with Crippen molar-refractivity contribution in [3.8, 4) is 16.9 Å². The van der Waals surface area contributed by atoms with E-state index < -0.39 is 18.0 Å². The van der Waals surface area contributed by atoms with Crippen LogP contribution in [0, 0.1) is 0 Å². The molecule has 0 atom stereocenters. The molecule has 0 aliphatic heterocycles. The van der Waals surface area contributed by atoms with Gasteiger partial charge in [0.25, 0.3) is 5.91 Å². The zero-order valence-corrected chi connectivity index (χ0v) is 16.9. The number of nitrogens with zero attached hydrogens (tertiary/aromatic N) is 4. The molecule has 0 saturated heterocycles. The third kappa shape index (κ3) is 4.72. The Morgan fingerprint density at radius 2 is 1.97 bits per heavy atom. The third-order valence-corrected chi connectivity index (χ3v) is 4.71. The van der Waals surface area contributed by atoms with Crippen LogP contribution in [0.25, 0.3) is 16.8 Å². The number of nitrogens with one attached hydrogen (secondary N) is 1. The second-order valence-electron chi connectivity index (χ2n) is 6.59. The van der Waals surface area contributed by atoms with Crippen molar-refractivity contribution >= 4 is 29.1 Å². The third-order valence-electron chi connectivity index (χ3n) is 4.41. The number of hydrogen-bond acceptors (Lipinski definition) is 6. The topological polar surface area (TPSA) is 107 Å². The van der Waals surface area contributed by atoms with E-state index in [4.69, 9.17) is 17.3 Å². The maximum atomic E-state index is 12.7. The van der Waals surface area contributed by atoms with Crippen molar-refractivity contribution in [2.45, 2.75) is 12.9 Å². The molecule has 1 amide bonds. The number of ether oxygens (including phenoxy) is 1. The predicted octanol–water partition coefficient (Wildman–Crippen LogP) is 3.86. The summed E-state index contributed by atoms with van der Waals surface area (Å²) in [7, 11) is 0. The van der Waals surface area contributed by atoms with Crippen LogP contribution in [0.2, 0.25) is 5.15 Å². The van der Waals surface area contributed by atoms with E-state index in [2.05, 4.69) is 25.1 Å². The quantitative estimate of drug-likeness (QED) is 0.436. The number of nitrogen functional groups attached to an aromatic ring is 1. The van der Waals surface area contributed by atoms with Gasteiger partial charge in [-0.05, 0) is 29.8 Å². The van der Waals surface area contributed by atoms with Gasteiger partial charge in [-0.2, -0.15) is 4.98 Å². The van der Waals surface area contributed by atoms with Crippen LogP contribution in [0.15, 0.2) is 54.9 Å². The van der Waals surface area contributed by atoms with Gasteiger partial charge in [-0.15, -0.1) is 18.3 Å². The Labute approximate surface area is 183 Å². The zero-order valence-electron chi connectivity index (χ0n) is 16.1. The van der Waals surface area contributed by atoms with Crippen LogP contribution < -0.4 is 15.8 Å². The molecule has 0 radical (unpaired) electrons. The highest BCUT2D eigenvalue weighted by atomic mass is 35.5. The Balaban J connectivity index is 1.56. The smallest absolute Gasteiger partial charge is 0.405 e. The van der Waals surface area contributed by atoms with Crippen LogP contribution in [0.5, 0.6) is 5.75 Å². The van der Waals surface area contributed by atoms with Gasteiger partial charge in [0.05, 0.1) is 5.56 Å². The molecule has 0 aliphatic carbocycles. The van der Waals surface area contributed by atoms with Gasteiger partial charge >= 0.3 is 6.36 Å². The molecule has 3 N–H and O–H groups in total. The second kappa shape index (κ2) is 8.35. The van der Waals surface area contributed by atoms with Crippen LogP contribution in [0.1, 0.15) is 15.9 Å². The molecule has 3 heterocycles. The molecule has 0 bridgehead atoms. The normalized spacial score (nSPS) is 11.5. The number of hydrogen-bond donors (Lipinski definition) is 2. The van der Waals surface area contributed by atoms with Gasteiger partial charge in [-0.1, -0.05) is 29.8 Å². The Morgan fingerprint density at radius 1 is 1.19 bits per heavy atom. The highest BCUT2D eigenvalue weighted by molar-refractivity contribution is 6.32. The summed E-state index contributed by atoms with van der Waals surface area (Å²) in [5.74, 6) is -0.899. The van der Waals surface area contributed by atoms with Gasteiger partial charge < -0.3 is 15.8 Å². The van der Waals surface area contributed by atoms with Gasteiger partial charge in [-0.3, -0.25) is 4.79 Å². The molecule has 1 aromatic carbocycles. The number of anilines is 1. The lowest BCUT2D eigenvalue weighted by atomic mass is 10.1. The fraction of sp³-hybridized carbons (Fsp3) is 0.100. The molecule has 32 heavy (non-hydrogen) atoms. The SMILES string of the molecule is Nc1nc2cc(-c3cnc(Cl)c(C(=O)NCc4ccccc4OC(F)(F)F)c3)ccn2n1. The van der Waals surface area contributed by atoms with E-state index in [9.17, 15) is 18.0 Å². The first-order valence-electron chi connectivity index (χ1n) is 9.09. The van der Waals surface area contributed by atoms with E-state index in [0.717, 1.165) is 6.07 Å². The Morgan fingerprint density at radius 3 is 2.75 bits per heavy atom. The molecular formula is C20H14ClF3N6O2. The first kappa shape index (κ1) is 21.4. The van der Waals surface area contributed by atoms with Crippen LogP contribution in [0.4, 0.5) is 19.1 Å². The summed E-state index contributed by atoms with van der Waals surface area (Å²) in [6.07, 6.45) is -1.71. The number of pyridine rings is 2. The van der Waals surface area contributed by atoms with Crippen molar-refractivity contribution in [1.82, 2.24) is 24.9 Å². The molecule has 4 aromatic rings. The average Bonchev–Trinajstić information content (AvgIpc) is 3.11. The van der Waals surface area contributed by atoms with E-state index in [1.54, 1.807) is 18.3 Å². The molecule has 0 unspecified atom stereocenters. The van der Waals surface area contributed by atoms with Gasteiger partial charge in [0.2, 0.25) is 5.95 Å². The van der Waals surface area contributed by atoms with Gasteiger partial charge in [-0.25, -0.2) is 9.50 Å². The summed E-state index contributed by atoms with van der Waals surface area (Å²) >= 11 is 6.09. The molecule has 8 nitrogen and oxygen atoms in total. The molecule has 0 spiro atoms.